The number of nitrogens with one attached hydrogen (secondary N) is 1. The number of rotatable bonds is 5. The van der Waals surface area contributed by atoms with Crippen LogP contribution in [-0.2, 0) is 0 Å². The van der Waals surface area contributed by atoms with Gasteiger partial charge in [0.1, 0.15) is 0 Å². The number of benzene rings is 2. The standard InChI is InChI=1S/C15H15NO3/c1-2-18-13-10-6-7-11-14(13)19-16-15(17)12-8-4-3-5-9-12/h3-11H,2H2,1H3,(H,16,17). The number of ether oxygens (including phenoxy) is 1. The fourth-order valence-corrected chi connectivity index (χ4v) is 1.56. The van der Waals surface area contributed by atoms with Gasteiger partial charge in [0.15, 0.2) is 11.5 Å². The molecule has 1 N–H and O–H groups in total. The number of hydrogen-bond acceptors (Lipinski definition) is 3. The van der Waals surface area contributed by atoms with E-state index in [0.29, 0.717) is 23.7 Å². The number of carbonyl (C=O) groups is 1. The molecule has 19 heavy (non-hydrogen) atoms. The number of carbonyl (C=O) groups excluding carboxylic acids is 1. The van der Waals surface area contributed by atoms with Gasteiger partial charge in [-0.3, -0.25) is 4.79 Å². The third-order valence-corrected chi connectivity index (χ3v) is 2.44. The van der Waals surface area contributed by atoms with Gasteiger partial charge in [0.05, 0.1) is 6.61 Å². The molecule has 0 heterocycles. The second kappa shape index (κ2) is 6.44. The van der Waals surface area contributed by atoms with Crippen LogP contribution in [-0.4, -0.2) is 12.5 Å². The van der Waals surface area contributed by atoms with Crippen LogP contribution in [0.25, 0.3) is 0 Å². The molecule has 0 spiro atoms. The second-order valence-electron chi connectivity index (χ2n) is 3.78. The lowest BCUT2D eigenvalue weighted by molar-refractivity contribution is 0.0753. The van der Waals surface area contributed by atoms with Crippen molar-refractivity contribution in [2.24, 2.45) is 0 Å². The third-order valence-electron chi connectivity index (χ3n) is 2.44. The SMILES string of the molecule is CCOc1ccccc1ONC(=O)c1ccccc1. The molecule has 0 saturated heterocycles. The molecule has 0 radical (unpaired) electrons. The zero-order chi connectivity index (χ0) is 13.5. The number of para-hydroxylation sites is 2. The minimum atomic E-state index is -0.299. The molecule has 0 saturated carbocycles. The van der Waals surface area contributed by atoms with Gasteiger partial charge >= 0.3 is 0 Å². The molecule has 0 atom stereocenters. The highest BCUT2D eigenvalue weighted by atomic mass is 16.7. The van der Waals surface area contributed by atoms with E-state index in [1.807, 2.05) is 25.1 Å². The number of amides is 1. The van der Waals surface area contributed by atoms with Gasteiger partial charge in [-0.1, -0.05) is 30.3 Å². The van der Waals surface area contributed by atoms with Gasteiger partial charge in [0, 0.05) is 5.56 Å². The summed E-state index contributed by atoms with van der Waals surface area (Å²) < 4.78 is 5.40. The molecular weight excluding hydrogens is 242 g/mol. The second-order valence-corrected chi connectivity index (χ2v) is 3.78. The summed E-state index contributed by atoms with van der Waals surface area (Å²) in [6, 6.07) is 16.0. The van der Waals surface area contributed by atoms with Gasteiger partial charge in [-0.25, -0.2) is 0 Å². The van der Waals surface area contributed by atoms with E-state index in [0.717, 1.165) is 0 Å². The molecule has 2 aromatic rings. The van der Waals surface area contributed by atoms with Crippen molar-refractivity contribution in [2.75, 3.05) is 6.61 Å². The van der Waals surface area contributed by atoms with Gasteiger partial charge in [-0.2, -0.15) is 5.48 Å². The highest BCUT2D eigenvalue weighted by Crippen LogP contribution is 2.25. The zero-order valence-corrected chi connectivity index (χ0v) is 10.6. The van der Waals surface area contributed by atoms with E-state index in [9.17, 15) is 4.79 Å². The molecule has 0 aliphatic heterocycles. The Morgan fingerprint density at radius 1 is 1.00 bits per heavy atom. The van der Waals surface area contributed by atoms with Crippen molar-refractivity contribution < 1.29 is 14.4 Å². The van der Waals surface area contributed by atoms with Crippen LogP contribution in [0.3, 0.4) is 0 Å². The molecular formula is C15H15NO3. The Labute approximate surface area is 111 Å². The quantitative estimate of drug-likeness (QED) is 0.838. The minimum Gasteiger partial charge on any atom is -0.490 e. The summed E-state index contributed by atoms with van der Waals surface area (Å²) in [6.45, 7) is 2.42. The maximum absolute atomic E-state index is 11.8. The molecule has 2 rings (SSSR count). The van der Waals surface area contributed by atoms with Crippen LogP contribution in [0, 0.1) is 0 Å². The number of hydrogen-bond donors (Lipinski definition) is 1. The first-order valence-electron chi connectivity index (χ1n) is 6.05. The maximum Gasteiger partial charge on any atom is 0.283 e. The minimum absolute atomic E-state index is 0.299. The van der Waals surface area contributed by atoms with Gasteiger partial charge < -0.3 is 9.57 Å². The Balaban J connectivity index is 2.01. The average Bonchev–Trinajstić information content (AvgIpc) is 2.47. The van der Waals surface area contributed by atoms with E-state index in [-0.39, 0.29) is 5.91 Å². The van der Waals surface area contributed by atoms with E-state index >= 15 is 0 Å². The van der Waals surface area contributed by atoms with Crippen molar-refractivity contribution in [1.82, 2.24) is 5.48 Å². The molecule has 1 amide bonds. The smallest absolute Gasteiger partial charge is 0.283 e. The van der Waals surface area contributed by atoms with Crippen LogP contribution in [0.1, 0.15) is 17.3 Å². The Kier molecular flexibility index (Phi) is 4.39. The Bertz CT molecular complexity index is 540. The summed E-state index contributed by atoms with van der Waals surface area (Å²) in [6.07, 6.45) is 0. The molecule has 4 heteroatoms. The molecule has 0 aliphatic rings. The first-order chi connectivity index (χ1) is 9.31. The molecule has 0 aromatic heterocycles. The first kappa shape index (κ1) is 13.0. The topological polar surface area (TPSA) is 47.6 Å². The summed E-state index contributed by atoms with van der Waals surface area (Å²) >= 11 is 0. The molecule has 0 bridgehead atoms. The largest absolute Gasteiger partial charge is 0.490 e. The van der Waals surface area contributed by atoms with Crippen LogP contribution in [0.5, 0.6) is 11.5 Å². The van der Waals surface area contributed by atoms with E-state index in [2.05, 4.69) is 5.48 Å². The lowest BCUT2D eigenvalue weighted by Crippen LogP contribution is -2.27. The van der Waals surface area contributed by atoms with E-state index in [1.54, 1.807) is 36.4 Å². The maximum atomic E-state index is 11.8. The van der Waals surface area contributed by atoms with Crippen LogP contribution in [0.4, 0.5) is 0 Å². The van der Waals surface area contributed by atoms with Gasteiger partial charge in [-0.15, -0.1) is 0 Å². The fourth-order valence-electron chi connectivity index (χ4n) is 1.56. The zero-order valence-electron chi connectivity index (χ0n) is 10.6. The van der Waals surface area contributed by atoms with Crippen molar-refractivity contribution >= 4 is 5.91 Å². The van der Waals surface area contributed by atoms with E-state index in [4.69, 9.17) is 9.57 Å². The van der Waals surface area contributed by atoms with Crippen molar-refractivity contribution in [3.05, 3.63) is 60.2 Å². The molecule has 98 valence electrons. The predicted molar refractivity (Wildman–Crippen MR) is 72.1 cm³/mol. The molecule has 4 nitrogen and oxygen atoms in total. The Morgan fingerprint density at radius 2 is 1.63 bits per heavy atom. The first-order valence-corrected chi connectivity index (χ1v) is 6.05. The summed E-state index contributed by atoms with van der Waals surface area (Å²) in [5.74, 6) is 0.777. The molecule has 2 aromatic carbocycles. The van der Waals surface area contributed by atoms with Gasteiger partial charge in [0.25, 0.3) is 5.91 Å². The highest BCUT2D eigenvalue weighted by molar-refractivity contribution is 5.93. The lowest BCUT2D eigenvalue weighted by Gasteiger charge is -2.11. The Morgan fingerprint density at radius 3 is 2.32 bits per heavy atom. The third kappa shape index (κ3) is 3.48. The van der Waals surface area contributed by atoms with Crippen LogP contribution in [0.15, 0.2) is 54.6 Å². The average molecular weight is 257 g/mol. The number of hydroxylamine groups is 1. The fraction of sp³-hybridized carbons (Fsp3) is 0.133. The predicted octanol–water partition coefficient (Wildman–Crippen LogP) is 2.81. The Hall–Kier alpha value is -2.49. The van der Waals surface area contributed by atoms with Crippen molar-refractivity contribution in [3.8, 4) is 11.5 Å². The van der Waals surface area contributed by atoms with Crippen molar-refractivity contribution in [3.63, 3.8) is 0 Å². The molecule has 0 unspecified atom stereocenters. The van der Waals surface area contributed by atoms with Gasteiger partial charge in [0.2, 0.25) is 0 Å². The van der Waals surface area contributed by atoms with Gasteiger partial charge in [-0.05, 0) is 31.2 Å². The summed E-state index contributed by atoms with van der Waals surface area (Å²) in [5.41, 5.74) is 2.93. The normalized spacial score (nSPS) is 9.74. The summed E-state index contributed by atoms with van der Waals surface area (Å²) in [5, 5.41) is 0. The van der Waals surface area contributed by atoms with Crippen LogP contribution >= 0.6 is 0 Å². The monoisotopic (exact) mass is 257 g/mol. The highest BCUT2D eigenvalue weighted by Gasteiger charge is 2.08. The lowest BCUT2D eigenvalue weighted by atomic mass is 10.2. The van der Waals surface area contributed by atoms with Crippen LogP contribution < -0.4 is 15.1 Å². The van der Waals surface area contributed by atoms with E-state index in [1.165, 1.54) is 0 Å². The molecule has 0 aliphatic carbocycles. The van der Waals surface area contributed by atoms with Crippen LogP contribution in [0.2, 0.25) is 0 Å². The van der Waals surface area contributed by atoms with Crippen molar-refractivity contribution in [2.45, 2.75) is 6.92 Å². The molecule has 0 fully saturated rings. The summed E-state index contributed by atoms with van der Waals surface area (Å²) in [7, 11) is 0. The summed E-state index contributed by atoms with van der Waals surface area (Å²) in [4.78, 5) is 17.1. The van der Waals surface area contributed by atoms with E-state index < -0.39 is 0 Å². The van der Waals surface area contributed by atoms with Crippen molar-refractivity contribution in [1.29, 1.82) is 0 Å².